The molecule has 3 aliphatic carbocycles. The number of Topliss-reactive ketones (excluding diaryl/α,β-unsaturated/α-hetero) is 1. The molecule has 4 aliphatic rings. The smallest absolute Gasteiger partial charge is 0.177 e. The molecular formula is C12H16O4. The molecule has 4 rings (SSSR count). The molecular weight excluding hydrogens is 208 g/mol. The number of hydrogen-bond acceptors (Lipinski definition) is 4. The zero-order valence-corrected chi connectivity index (χ0v) is 9.47. The van der Waals surface area contributed by atoms with Gasteiger partial charge in [0.2, 0.25) is 0 Å². The summed E-state index contributed by atoms with van der Waals surface area (Å²) in [6.07, 6.45) is 2.75. The van der Waals surface area contributed by atoms with Crippen LogP contribution < -0.4 is 0 Å². The fraction of sp³-hybridized carbons (Fsp3) is 0.750. The van der Waals surface area contributed by atoms with Gasteiger partial charge in [-0.25, -0.2) is 0 Å². The molecule has 1 N–H and O–H groups in total. The molecule has 0 spiro atoms. The van der Waals surface area contributed by atoms with E-state index in [9.17, 15) is 9.90 Å². The molecule has 1 saturated heterocycles. The number of fused-ring (bicyclic) bond motifs is 1. The van der Waals surface area contributed by atoms with Crippen molar-refractivity contribution < 1.29 is 19.4 Å². The van der Waals surface area contributed by atoms with E-state index >= 15 is 0 Å². The van der Waals surface area contributed by atoms with Crippen LogP contribution in [0.2, 0.25) is 0 Å². The first-order valence-corrected chi connectivity index (χ1v) is 5.71. The maximum atomic E-state index is 12.2. The van der Waals surface area contributed by atoms with Crippen LogP contribution in [0.25, 0.3) is 0 Å². The van der Waals surface area contributed by atoms with Crippen LogP contribution in [0.1, 0.15) is 13.3 Å². The minimum atomic E-state index is -1.25. The summed E-state index contributed by atoms with van der Waals surface area (Å²) in [4.78, 5) is 12.2. The molecule has 2 bridgehead atoms. The molecule has 1 heterocycles. The third-order valence-corrected chi connectivity index (χ3v) is 4.29. The van der Waals surface area contributed by atoms with Gasteiger partial charge >= 0.3 is 0 Å². The maximum Gasteiger partial charge on any atom is 0.177 e. The van der Waals surface area contributed by atoms with Gasteiger partial charge < -0.3 is 14.6 Å². The van der Waals surface area contributed by atoms with Crippen LogP contribution in [0.5, 0.6) is 0 Å². The lowest BCUT2D eigenvalue weighted by Gasteiger charge is -2.49. The minimum absolute atomic E-state index is 0.0855. The Morgan fingerprint density at radius 1 is 1.62 bits per heavy atom. The SMILES string of the molecule is COC1=CC2C3CCOC3C1C(=O)C2(C)O. The van der Waals surface area contributed by atoms with E-state index in [1.54, 1.807) is 14.0 Å². The number of ether oxygens (including phenoxy) is 2. The van der Waals surface area contributed by atoms with Gasteiger partial charge in [0.15, 0.2) is 5.78 Å². The topological polar surface area (TPSA) is 55.8 Å². The maximum absolute atomic E-state index is 12.2. The average molecular weight is 224 g/mol. The van der Waals surface area contributed by atoms with Gasteiger partial charge in [-0.1, -0.05) is 0 Å². The molecule has 1 aliphatic heterocycles. The molecule has 2 fully saturated rings. The molecule has 0 aromatic carbocycles. The molecule has 88 valence electrons. The Hall–Kier alpha value is -0.870. The van der Waals surface area contributed by atoms with E-state index in [0.29, 0.717) is 12.4 Å². The Bertz CT molecular complexity index is 371. The lowest BCUT2D eigenvalue weighted by atomic mass is 9.58. The third kappa shape index (κ3) is 1.04. The molecule has 0 amide bonds. The second-order valence-electron chi connectivity index (χ2n) is 5.08. The summed E-state index contributed by atoms with van der Waals surface area (Å²) in [6.45, 7) is 2.29. The lowest BCUT2D eigenvalue weighted by molar-refractivity contribution is -0.165. The fourth-order valence-electron chi connectivity index (χ4n) is 3.45. The highest BCUT2D eigenvalue weighted by molar-refractivity contribution is 5.94. The zero-order chi connectivity index (χ0) is 11.5. The van der Waals surface area contributed by atoms with E-state index < -0.39 is 11.5 Å². The number of methoxy groups -OCH3 is 1. The molecule has 0 aromatic heterocycles. The van der Waals surface area contributed by atoms with Crippen molar-refractivity contribution in [3.8, 4) is 0 Å². The summed E-state index contributed by atoms with van der Waals surface area (Å²) < 4.78 is 10.9. The summed E-state index contributed by atoms with van der Waals surface area (Å²) in [5.74, 6) is 0.214. The van der Waals surface area contributed by atoms with Gasteiger partial charge in [-0.2, -0.15) is 0 Å². The van der Waals surface area contributed by atoms with Crippen LogP contribution in [-0.4, -0.2) is 36.3 Å². The summed E-state index contributed by atoms with van der Waals surface area (Å²) in [7, 11) is 1.57. The Labute approximate surface area is 94.2 Å². The number of carbonyl (C=O) groups excluding carboxylic acids is 1. The molecule has 4 nitrogen and oxygen atoms in total. The summed E-state index contributed by atoms with van der Waals surface area (Å²) in [5.41, 5.74) is -1.25. The van der Waals surface area contributed by atoms with Gasteiger partial charge in [0.1, 0.15) is 17.3 Å². The van der Waals surface area contributed by atoms with E-state index in [4.69, 9.17) is 9.47 Å². The summed E-state index contributed by atoms with van der Waals surface area (Å²) >= 11 is 0. The van der Waals surface area contributed by atoms with Crippen molar-refractivity contribution in [3.05, 3.63) is 11.8 Å². The predicted octanol–water partition coefficient (Wildman–Crippen LogP) is 0.501. The quantitative estimate of drug-likeness (QED) is 0.704. The van der Waals surface area contributed by atoms with Gasteiger partial charge in [0.25, 0.3) is 0 Å². The predicted molar refractivity (Wildman–Crippen MR) is 55.5 cm³/mol. The van der Waals surface area contributed by atoms with Gasteiger partial charge in [0.05, 0.1) is 13.2 Å². The van der Waals surface area contributed by atoms with Crippen LogP contribution in [0.4, 0.5) is 0 Å². The van der Waals surface area contributed by atoms with Gasteiger partial charge in [-0.15, -0.1) is 0 Å². The number of rotatable bonds is 1. The van der Waals surface area contributed by atoms with Crippen LogP contribution >= 0.6 is 0 Å². The third-order valence-electron chi connectivity index (χ3n) is 4.29. The van der Waals surface area contributed by atoms with Crippen LogP contribution in [-0.2, 0) is 14.3 Å². The van der Waals surface area contributed by atoms with Crippen molar-refractivity contribution in [1.82, 2.24) is 0 Å². The Morgan fingerprint density at radius 2 is 2.38 bits per heavy atom. The highest BCUT2D eigenvalue weighted by Crippen LogP contribution is 2.52. The number of hydrogen-bond donors (Lipinski definition) is 1. The van der Waals surface area contributed by atoms with E-state index in [2.05, 4.69) is 0 Å². The molecule has 5 atom stereocenters. The van der Waals surface area contributed by atoms with E-state index in [0.717, 1.165) is 6.42 Å². The number of aliphatic hydroxyl groups is 1. The average Bonchev–Trinajstić information content (AvgIpc) is 2.72. The molecule has 1 saturated carbocycles. The minimum Gasteiger partial charge on any atom is -0.501 e. The van der Waals surface area contributed by atoms with Crippen molar-refractivity contribution in [1.29, 1.82) is 0 Å². The molecule has 0 radical (unpaired) electrons. The highest BCUT2D eigenvalue weighted by Gasteiger charge is 2.62. The van der Waals surface area contributed by atoms with E-state index in [1.807, 2.05) is 6.08 Å². The van der Waals surface area contributed by atoms with E-state index in [-0.39, 0.29) is 23.7 Å². The monoisotopic (exact) mass is 224 g/mol. The Morgan fingerprint density at radius 3 is 3.06 bits per heavy atom. The van der Waals surface area contributed by atoms with Gasteiger partial charge in [-0.05, 0) is 25.3 Å². The van der Waals surface area contributed by atoms with E-state index in [1.165, 1.54) is 0 Å². The van der Waals surface area contributed by atoms with Crippen molar-refractivity contribution in [2.75, 3.05) is 13.7 Å². The van der Waals surface area contributed by atoms with Crippen molar-refractivity contribution in [2.24, 2.45) is 17.8 Å². The summed E-state index contributed by atoms with van der Waals surface area (Å²) in [5, 5.41) is 10.3. The second-order valence-corrected chi connectivity index (χ2v) is 5.08. The van der Waals surface area contributed by atoms with Crippen molar-refractivity contribution in [2.45, 2.75) is 25.0 Å². The first kappa shape index (κ1) is 10.3. The standard InChI is InChI=1S/C12H16O4/c1-12(14)7-5-8(15-2)9(11(12)13)10-6(7)3-4-16-10/h5-7,9-10,14H,3-4H2,1-2H3. The van der Waals surface area contributed by atoms with Crippen LogP contribution in [0, 0.1) is 17.8 Å². The normalized spacial score (nSPS) is 50.2. The van der Waals surface area contributed by atoms with Gasteiger partial charge in [-0.3, -0.25) is 4.79 Å². The molecule has 0 aromatic rings. The Balaban J connectivity index is 2.10. The molecule has 4 heteroatoms. The number of carbonyl (C=O) groups is 1. The lowest BCUT2D eigenvalue weighted by Crippen LogP contribution is -2.61. The van der Waals surface area contributed by atoms with Crippen LogP contribution in [0.3, 0.4) is 0 Å². The zero-order valence-electron chi connectivity index (χ0n) is 9.47. The Kier molecular flexibility index (Phi) is 1.98. The van der Waals surface area contributed by atoms with Crippen molar-refractivity contribution in [3.63, 3.8) is 0 Å². The second kappa shape index (κ2) is 3.08. The molecule has 16 heavy (non-hydrogen) atoms. The fourth-order valence-corrected chi connectivity index (χ4v) is 3.45. The largest absolute Gasteiger partial charge is 0.501 e. The summed E-state index contributed by atoms with van der Waals surface area (Å²) in [6, 6.07) is 0. The number of ketones is 1. The van der Waals surface area contributed by atoms with Gasteiger partial charge in [0, 0.05) is 12.5 Å². The first-order valence-electron chi connectivity index (χ1n) is 5.71. The van der Waals surface area contributed by atoms with Crippen molar-refractivity contribution >= 4 is 5.78 Å². The molecule has 5 unspecified atom stereocenters. The van der Waals surface area contributed by atoms with Crippen LogP contribution in [0.15, 0.2) is 11.8 Å². The first-order chi connectivity index (χ1) is 7.57. The highest BCUT2D eigenvalue weighted by atomic mass is 16.5.